The van der Waals surface area contributed by atoms with Gasteiger partial charge >= 0.3 is 10.1 Å². The number of aryl methyl sites for hydroxylation is 3. The van der Waals surface area contributed by atoms with E-state index in [0.717, 1.165) is 22.4 Å². The van der Waals surface area contributed by atoms with Crippen LogP contribution in [0.15, 0.2) is 70.6 Å². The molecule has 0 fully saturated rings. The van der Waals surface area contributed by atoms with Gasteiger partial charge in [-0.05, 0) is 62.7 Å². The van der Waals surface area contributed by atoms with E-state index >= 15 is 0 Å². The molecule has 0 spiro atoms. The van der Waals surface area contributed by atoms with E-state index in [2.05, 4.69) is 4.99 Å². The fourth-order valence-electron chi connectivity index (χ4n) is 2.66. The van der Waals surface area contributed by atoms with Gasteiger partial charge in [-0.15, -0.1) is 0 Å². The maximum absolute atomic E-state index is 12.6. The third-order valence-electron chi connectivity index (χ3n) is 4.18. The molecule has 0 N–H and O–H groups in total. The van der Waals surface area contributed by atoms with E-state index in [1.54, 1.807) is 30.5 Å². The molecule has 0 aliphatic heterocycles. The highest BCUT2D eigenvalue weighted by molar-refractivity contribution is 7.87. The van der Waals surface area contributed by atoms with Crippen LogP contribution in [0.1, 0.15) is 22.3 Å². The van der Waals surface area contributed by atoms with Gasteiger partial charge in [-0.2, -0.15) is 8.42 Å². The lowest BCUT2D eigenvalue weighted by Gasteiger charge is -2.10. The number of nitrogens with zero attached hydrogens (tertiary/aromatic N) is 1. The van der Waals surface area contributed by atoms with Crippen LogP contribution in [-0.4, -0.2) is 14.6 Å². The number of hydrogen-bond acceptors (Lipinski definition) is 4. The Labute approximate surface area is 170 Å². The van der Waals surface area contributed by atoms with Gasteiger partial charge in [-0.1, -0.05) is 47.0 Å². The molecule has 28 heavy (non-hydrogen) atoms. The molecular formula is C22H20ClNO3S. The second-order valence-electron chi connectivity index (χ2n) is 6.58. The van der Waals surface area contributed by atoms with Gasteiger partial charge < -0.3 is 4.18 Å². The van der Waals surface area contributed by atoms with Crippen molar-refractivity contribution in [1.82, 2.24) is 0 Å². The number of benzene rings is 3. The van der Waals surface area contributed by atoms with Gasteiger partial charge in [0, 0.05) is 16.8 Å². The molecule has 3 rings (SSSR count). The summed E-state index contributed by atoms with van der Waals surface area (Å²) in [7, 11) is -3.97. The second-order valence-corrected chi connectivity index (χ2v) is 8.56. The summed E-state index contributed by atoms with van der Waals surface area (Å²) in [6.45, 7) is 5.87. The molecule has 0 unspecified atom stereocenters. The summed E-state index contributed by atoms with van der Waals surface area (Å²) in [4.78, 5) is 4.56. The normalized spacial score (nSPS) is 11.7. The molecule has 144 valence electrons. The molecule has 6 heteroatoms. The summed E-state index contributed by atoms with van der Waals surface area (Å²) in [6, 6.07) is 17.1. The van der Waals surface area contributed by atoms with Crippen LogP contribution < -0.4 is 4.18 Å². The van der Waals surface area contributed by atoms with Crippen LogP contribution in [0.4, 0.5) is 5.69 Å². The zero-order chi connectivity index (χ0) is 20.3. The van der Waals surface area contributed by atoms with Crippen LogP contribution in [0.2, 0.25) is 5.02 Å². The Morgan fingerprint density at radius 1 is 0.893 bits per heavy atom. The standard InChI is InChI=1S/C22H20ClNO3S/c1-15-4-8-20(9-5-15)28(25,26)27-22-11-7-19(23)13-18(22)14-24-21-10-6-16(2)12-17(21)3/h4-14H,1-3H3. The minimum Gasteiger partial charge on any atom is -0.378 e. The van der Waals surface area contributed by atoms with Crippen molar-refractivity contribution >= 4 is 33.6 Å². The monoisotopic (exact) mass is 413 g/mol. The van der Waals surface area contributed by atoms with E-state index in [9.17, 15) is 8.42 Å². The van der Waals surface area contributed by atoms with Gasteiger partial charge in [0.15, 0.2) is 5.75 Å². The van der Waals surface area contributed by atoms with Crippen LogP contribution in [0.25, 0.3) is 0 Å². The first-order valence-electron chi connectivity index (χ1n) is 8.67. The third kappa shape index (κ3) is 4.80. The molecule has 0 atom stereocenters. The maximum atomic E-state index is 12.6. The molecule has 0 saturated carbocycles. The topological polar surface area (TPSA) is 55.7 Å². The lowest BCUT2D eigenvalue weighted by molar-refractivity contribution is 0.485. The fraction of sp³-hybridized carbons (Fsp3) is 0.136. The Morgan fingerprint density at radius 3 is 2.25 bits per heavy atom. The molecule has 0 amide bonds. The van der Waals surface area contributed by atoms with E-state index in [4.69, 9.17) is 15.8 Å². The highest BCUT2D eigenvalue weighted by atomic mass is 35.5. The number of halogens is 1. The van der Waals surface area contributed by atoms with Crippen molar-refractivity contribution in [3.05, 3.63) is 87.9 Å². The Bertz CT molecular complexity index is 1140. The van der Waals surface area contributed by atoms with Gasteiger partial charge in [-0.25, -0.2) is 0 Å². The highest BCUT2D eigenvalue weighted by Crippen LogP contribution is 2.27. The van der Waals surface area contributed by atoms with Crippen molar-refractivity contribution in [3.8, 4) is 5.75 Å². The van der Waals surface area contributed by atoms with Crippen molar-refractivity contribution in [2.24, 2.45) is 4.99 Å². The largest absolute Gasteiger partial charge is 0.378 e. The molecule has 0 aromatic heterocycles. The van der Waals surface area contributed by atoms with Crippen LogP contribution in [0.3, 0.4) is 0 Å². The number of rotatable bonds is 5. The molecule has 0 bridgehead atoms. The van der Waals surface area contributed by atoms with Gasteiger partial charge in [0.2, 0.25) is 0 Å². The first-order valence-corrected chi connectivity index (χ1v) is 10.5. The molecule has 0 aliphatic carbocycles. The predicted octanol–water partition coefficient (Wildman–Crippen LogP) is 5.78. The maximum Gasteiger partial charge on any atom is 0.339 e. The van der Waals surface area contributed by atoms with E-state index in [-0.39, 0.29) is 10.6 Å². The van der Waals surface area contributed by atoms with E-state index in [0.29, 0.717) is 10.6 Å². The molecule has 0 radical (unpaired) electrons. The van der Waals surface area contributed by atoms with Gasteiger partial charge in [0.05, 0.1) is 5.69 Å². The van der Waals surface area contributed by atoms with Gasteiger partial charge in [0.25, 0.3) is 0 Å². The van der Waals surface area contributed by atoms with Crippen LogP contribution >= 0.6 is 11.6 Å². The summed E-state index contributed by atoms with van der Waals surface area (Å²) in [5.41, 5.74) is 4.40. The Morgan fingerprint density at radius 2 is 1.57 bits per heavy atom. The summed E-state index contributed by atoms with van der Waals surface area (Å²) in [5, 5.41) is 0.460. The Hall–Kier alpha value is -2.63. The average Bonchev–Trinajstić information content (AvgIpc) is 2.63. The van der Waals surface area contributed by atoms with Gasteiger partial charge in [-0.3, -0.25) is 4.99 Å². The van der Waals surface area contributed by atoms with Crippen LogP contribution in [0, 0.1) is 20.8 Å². The summed E-state index contributed by atoms with van der Waals surface area (Å²) >= 11 is 6.09. The van der Waals surface area contributed by atoms with Crippen molar-refractivity contribution in [1.29, 1.82) is 0 Å². The Balaban J connectivity index is 1.94. The zero-order valence-electron chi connectivity index (χ0n) is 15.8. The van der Waals surface area contributed by atoms with Gasteiger partial charge in [0.1, 0.15) is 4.90 Å². The van der Waals surface area contributed by atoms with E-state index in [1.807, 2.05) is 39.0 Å². The van der Waals surface area contributed by atoms with Crippen LogP contribution in [0.5, 0.6) is 5.75 Å². The van der Waals surface area contributed by atoms with Crippen molar-refractivity contribution in [2.45, 2.75) is 25.7 Å². The summed E-state index contributed by atoms with van der Waals surface area (Å²) in [6.07, 6.45) is 1.56. The van der Waals surface area contributed by atoms with Crippen LogP contribution in [-0.2, 0) is 10.1 Å². The molecule has 0 saturated heterocycles. The minimum atomic E-state index is -3.97. The van der Waals surface area contributed by atoms with E-state index in [1.165, 1.54) is 18.2 Å². The SMILES string of the molecule is Cc1ccc(S(=O)(=O)Oc2ccc(Cl)cc2C=Nc2ccc(C)cc2C)cc1. The first-order chi connectivity index (χ1) is 13.2. The lowest BCUT2D eigenvalue weighted by Crippen LogP contribution is -2.11. The van der Waals surface area contributed by atoms with Crippen molar-refractivity contribution < 1.29 is 12.6 Å². The molecule has 3 aromatic rings. The highest BCUT2D eigenvalue weighted by Gasteiger charge is 2.18. The smallest absolute Gasteiger partial charge is 0.339 e. The minimum absolute atomic E-state index is 0.0883. The molecule has 0 aliphatic rings. The summed E-state index contributed by atoms with van der Waals surface area (Å²) in [5.74, 6) is 0.165. The lowest BCUT2D eigenvalue weighted by atomic mass is 10.1. The second kappa shape index (κ2) is 8.17. The quantitative estimate of drug-likeness (QED) is 0.393. The predicted molar refractivity (Wildman–Crippen MR) is 114 cm³/mol. The number of hydrogen-bond donors (Lipinski definition) is 0. The molecule has 0 heterocycles. The average molecular weight is 414 g/mol. The zero-order valence-corrected chi connectivity index (χ0v) is 17.4. The van der Waals surface area contributed by atoms with E-state index < -0.39 is 10.1 Å². The third-order valence-corrected chi connectivity index (χ3v) is 5.66. The summed E-state index contributed by atoms with van der Waals surface area (Å²) < 4.78 is 30.6. The molecular weight excluding hydrogens is 394 g/mol. The Kier molecular flexibility index (Phi) is 5.87. The number of aliphatic imine (C=N–C) groups is 1. The first kappa shape index (κ1) is 20.1. The fourth-order valence-corrected chi connectivity index (χ4v) is 3.79. The van der Waals surface area contributed by atoms with Crippen molar-refractivity contribution in [2.75, 3.05) is 0 Å². The molecule has 4 nitrogen and oxygen atoms in total. The molecule has 3 aromatic carbocycles. The van der Waals surface area contributed by atoms with Crippen molar-refractivity contribution in [3.63, 3.8) is 0 Å².